The SMILES string of the molecule is COC(=O)C(C)(NCCCN=[N+]=[N-])c1ccccn1. The van der Waals surface area contributed by atoms with Crippen molar-refractivity contribution >= 4 is 5.97 Å². The van der Waals surface area contributed by atoms with E-state index in [-0.39, 0.29) is 0 Å². The average molecular weight is 263 g/mol. The Morgan fingerprint density at radius 1 is 1.63 bits per heavy atom. The summed E-state index contributed by atoms with van der Waals surface area (Å²) in [6.07, 6.45) is 2.25. The van der Waals surface area contributed by atoms with Crippen molar-refractivity contribution in [3.63, 3.8) is 0 Å². The van der Waals surface area contributed by atoms with E-state index in [9.17, 15) is 4.79 Å². The fourth-order valence-corrected chi connectivity index (χ4v) is 1.66. The van der Waals surface area contributed by atoms with Crippen LogP contribution in [0.4, 0.5) is 0 Å². The molecule has 7 heteroatoms. The van der Waals surface area contributed by atoms with Crippen molar-refractivity contribution in [1.82, 2.24) is 10.3 Å². The third-order valence-corrected chi connectivity index (χ3v) is 2.75. The first kappa shape index (κ1) is 14.9. The second-order valence-corrected chi connectivity index (χ2v) is 4.07. The summed E-state index contributed by atoms with van der Waals surface area (Å²) in [5.74, 6) is -0.407. The van der Waals surface area contributed by atoms with Crippen LogP contribution in [0, 0.1) is 0 Å². The molecule has 0 aromatic carbocycles. The van der Waals surface area contributed by atoms with Crippen LogP contribution in [-0.2, 0) is 15.1 Å². The molecule has 0 aliphatic carbocycles. The van der Waals surface area contributed by atoms with Crippen molar-refractivity contribution in [3.05, 3.63) is 40.5 Å². The van der Waals surface area contributed by atoms with Crippen LogP contribution in [0.2, 0.25) is 0 Å². The minimum Gasteiger partial charge on any atom is -0.467 e. The van der Waals surface area contributed by atoms with Gasteiger partial charge in [0.1, 0.15) is 0 Å². The minimum atomic E-state index is -1.01. The van der Waals surface area contributed by atoms with Crippen molar-refractivity contribution in [2.45, 2.75) is 18.9 Å². The van der Waals surface area contributed by atoms with Gasteiger partial charge in [-0.05, 0) is 37.6 Å². The van der Waals surface area contributed by atoms with Gasteiger partial charge in [-0.15, -0.1) is 0 Å². The molecule has 0 aliphatic heterocycles. The van der Waals surface area contributed by atoms with Gasteiger partial charge in [0.05, 0.1) is 12.8 Å². The Balaban J connectivity index is 2.77. The summed E-state index contributed by atoms with van der Waals surface area (Å²) < 4.78 is 4.82. The monoisotopic (exact) mass is 263 g/mol. The molecule has 1 heterocycles. The van der Waals surface area contributed by atoms with Gasteiger partial charge in [-0.2, -0.15) is 0 Å². The van der Waals surface area contributed by atoms with Gasteiger partial charge in [0.2, 0.25) is 0 Å². The number of nitrogens with one attached hydrogen (secondary N) is 1. The van der Waals surface area contributed by atoms with Crippen LogP contribution in [0.3, 0.4) is 0 Å². The molecule has 0 radical (unpaired) electrons. The zero-order valence-electron chi connectivity index (χ0n) is 11.0. The predicted molar refractivity (Wildman–Crippen MR) is 70.2 cm³/mol. The van der Waals surface area contributed by atoms with Crippen molar-refractivity contribution in [2.24, 2.45) is 5.11 Å². The Morgan fingerprint density at radius 2 is 2.42 bits per heavy atom. The van der Waals surface area contributed by atoms with Crippen molar-refractivity contribution in [1.29, 1.82) is 0 Å². The van der Waals surface area contributed by atoms with E-state index in [1.54, 1.807) is 25.3 Å². The quantitative estimate of drug-likeness (QED) is 0.266. The number of aromatic nitrogens is 1. The molecule has 1 atom stereocenters. The van der Waals surface area contributed by atoms with Crippen LogP contribution in [0.1, 0.15) is 19.0 Å². The Kier molecular flexibility index (Phi) is 5.78. The highest BCUT2D eigenvalue weighted by atomic mass is 16.5. The first-order valence-corrected chi connectivity index (χ1v) is 5.91. The standard InChI is InChI=1S/C12H17N5O2/c1-12(11(18)19-2,10-6-3-4-7-14-10)15-8-5-9-16-17-13/h3-4,6-7,15H,5,8-9H2,1-2H3. The number of methoxy groups -OCH3 is 1. The molecule has 7 nitrogen and oxygen atoms in total. The molecular weight excluding hydrogens is 246 g/mol. The summed E-state index contributed by atoms with van der Waals surface area (Å²) in [6, 6.07) is 5.35. The van der Waals surface area contributed by atoms with Gasteiger partial charge in [-0.25, -0.2) is 4.79 Å². The summed E-state index contributed by atoms with van der Waals surface area (Å²) in [4.78, 5) is 18.8. The second-order valence-electron chi connectivity index (χ2n) is 4.07. The number of hydrogen-bond acceptors (Lipinski definition) is 5. The maximum Gasteiger partial charge on any atom is 0.332 e. The van der Waals surface area contributed by atoms with Gasteiger partial charge in [-0.1, -0.05) is 11.2 Å². The van der Waals surface area contributed by atoms with E-state index >= 15 is 0 Å². The highest BCUT2D eigenvalue weighted by Gasteiger charge is 2.36. The number of carbonyl (C=O) groups is 1. The molecule has 0 amide bonds. The van der Waals surface area contributed by atoms with Gasteiger partial charge >= 0.3 is 5.97 Å². The molecule has 0 aliphatic rings. The van der Waals surface area contributed by atoms with E-state index in [1.165, 1.54) is 7.11 Å². The fourth-order valence-electron chi connectivity index (χ4n) is 1.66. The number of azide groups is 1. The van der Waals surface area contributed by atoms with E-state index in [2.05, 4.69) is 20.3 Å². The first-order chi connectivity index (χ1) is 9.15. The molecule has 0 bridgehead atoms. The van der Waals surface area contributed by atoms with E-state index in [0.717, 1.165) is 0 Å². The summed E-state index contributed by atoms with van der Waals surface area (Å²) in [5.41, 5.74) is 7.76. The minimum absolute atomic E-state index is 0.378. The maximum atomic E-state index is 11.9. The van der Waals surface area contributed by atoms with Crippen molar-refractivity contribution < 1.29 is 9.53 Å². The second kappa shape index (κ2) is 7.35. The molecule has 0 saturated heterocycles. The lowest BCUT2D eigenvalue weighted by molar-refractivity contribution is -0.148. The summed E-state index contributed by atoms with van der Waals surface area (Å²) in [6.45, 7) is 2.61. The summed E-state index contributed by atoms with van der Waals surface area (Å²) in [7, 11) is 1.34. The number of pyridine rings is 1. The number of rotatable bonds is 7. The molecule has 0 fully saturated rings. The van der Waals surface area contributed by atoms with Crippen molar-refractivity contribution in [2.75, 3.05) is 20.2 Å². The number of ether oxygens (including phenoxy) is 1. The number of carbonyl (C=O) groups excluding carboxylic acids is 1. The van der Waals surface area contributed by atoms with Crippen LogP contribution in [-0.4, -0.2) is 31.2 Å². The smallest absolute Gasteiger partial charge is 0.332 e. The van der Waals surface area contributed by atoms with Crippen LogP contribution < -0.4 is 5.32 Å². The van der Waals surface area contributed by atoms with Crippen LogP contribution in [0.25, 0.3) is 10.4 Å². The lowest BCUT2D eigenvalue weighted by Crippen LogP contribution is -2.48. The maximum absolute atomic E-state index is 11.9. The van der Waals surface area contributed by atoms with Gasteiger partial charge < -0.3 is 4.74 Å². The molecule has 102 valence electrons. The van der Waals surface area contributed by atoms with E-state index in [4.69, 9.17) is 10.3 Å². The Bertz CT molecular complexity index is 458. The molecule has 1 aromatic heterocycles. The molecule has 0 spiro atoms. The van der Waals surface area contributed by atoms with E-state index in [0.29, 0.717) is 25.2 Å². The lowest BCUT2D eigenvalue weighted by atomic mass is 9.97. The highest BCUT2D eigenvalue weighted by molar-refractivity contribution is 5.81. The first-order valence-electron chi connectivity index (χ1n) is 5.91. The zero-order chi connectivity index (χ0) is 14.1. The van der Waals surface area contributed by atoms with E-state index in [1.807, 2.05) is 6.07 Å². The molecule has 1 unspecified atom stereocenters. The Morgan fingerprint density at radius 3 is 3.00 bits per heavy atom. The van der Waals surface area contributed by atoms with Gasteiger partial charge in [0.25, 0.3) is 0 Å². The average Bonchev–Trinajstić information content (AvgIpc) is 2.46. The fraction of sp³-hybridized carbons (Fsp3) is 0.500. The normalized spacial score (nSPS) is 13.2. The third-order valence-electron chi connectivity index (χ3n) is 2.75. The van der Waals surface area contributed by atoms with Gasteiger partial charge in [0, 0.05) is 17.7 Å². The molecular formula is C12H17N5O2. The zero-order valence-corrected chi connectivity index (χ0v) is 11.0. The van der Waals surface area contributed by atoms with Crippen LogP contribution in [0.15, 0.2) is 29.5 Å². The molecule has 1 aromatic rings. The lowest BCUT2D eigenvalue weighted by Gasteiger charge is -2.27. The largest absolute Gasteiger partial charge is 0.467 e. The number of nitrogens with zero attached hydrogens (tertiary/aromatic N) is 4. The molecule has 19 heavy (non-hydrogen) atoms. The van der Waals surface area contributed by atoms with E-state index < -0.39 is 11.5 Å². The number of esters is 1. The van der Waals surface area contributed by atoms with Crippen molar-refractivity contribution in [3.8, 4) is 0 Å². The van der Waals surface area contributed by atoms with Gasteiger partial charge in [0.15, 0.2) is 5.54 Å². The summed E-state index contributed by atoms with van der Waals surface area (Å²) >= 11 is 0. The Labute approximate surface area is 111 Å². The third kappa shape index (κ3) is 3.94. The van der Waals surface area contributed by atoms with Crippen LogP contribution in [0.5, 0.6) is 0 Å². The summed E-state index contributed by atoms with van der Waals surface area (Å²) in [5, 5.41) is 6.54. The van der Waals surface area contributed by atoms with Gasteiger partial charge in [-0.3, -0.25) is 10.3 Å². The molecule has 1 rings (SSSR count). The molecule has 0 saturated carbocycles. The number of hydrogen-bond donors (Lipinski definition) is 1. The highest BCUT2D eigenvalue weighted by Crippen LogP contribution is 2.19. The Hall–Kier alpha value is -2.11. The van der Waals surface area contributed by atoms with Crippen LogP contribution >= 0.6 is 0 Å². The molecule has 1 N–H and O–H groups in total. The predicted octanol–water partition coefficient (Wildman–Crippen LogP) is 1.76. The topological polar surface area (TPSA) is 100.0 Å².